The van der Waals surface area contributed by atoms with Crippen molar-refractivity contribution in [1.82, 2.24) is 5.32 Å². The lowest BCUT2D eigenvalue weighted by molar-refractivity contribution is 0.492. The Kier molecular flexibility index (Phi) is 3.82. The first-order valence-electron chi connectivity index (χ1n) is 5.83. The van der Waals surface area contributed by atoms with Crippen molar-refractivity contribution in [3.05, 3.63) is 34.6 Å². The molecule has 2 unspecified atom stereocenters. The summed E-state index contributed by atoms with van der Waals surface area (Å²) in [5.74, 6) is 0.569. The van der Waals surface area contributed by atoms with Crippen molar-refractivity contribution in [2.24, 2.45) is 5.92 Å². The molecule has 0 amide bonds. The molecule has 0 saturated heterocycles. The second-order valence-corrected chi connectivity index (χ2v) is 5.10. The van der Waals surface area contributed by atoms with Gasteiger partial charge in [-0.1, -0.05) is 24.6 Å². The van der Waals surface area contributed by atoms with Crippen LogP contribution in [0.4, 0.5) is 4.39 Å². The summed E-state index contributed by atoms with van der Waals surface area (Å²) in [5.41, 5.74) is 0.587. The highest BCUT2D eigenvalue weighted by Crippen LogP contribution is 2.25. The van der Waals surface area contributed by atoms with E-state index in [-0.39, 0.29) is 5.82 Å². The molecule has 1 fully saturated rings. The van der Waals surface area contributed by atoms with Crippen molar-refractivity contribution in [2.45, 2.75) is 38.8 Å². The van der Waals surface area contributed by atoms with Crippen LogP contribution in [0, 0.1) is 11.7 Å². The average molecular weight is 242 g/mol. The minimum atomic E-state index is -0.217. The zero-order valence-electron chi connectivity index (χ0n) is 9.47. The van der Waals surface area contributed by atoms with Crippen LogP contribution in [-0.4, -0.2) is 6.04 Å². The number of benzene rings is 1. The fourth-order valence-corrected chi connectivity index (χ4v) is 2.57. The predicted octanol–water partition coefficient (Wildman–Crippen LogP) is 3.76. The van der Waals surface area contributed by atoms with Crippen molar-refractivity contribution >= 4 is 11.6 Å². The van der Waals surface area contributed by atoms with Crippen LogP contribution in [0.25, 0.3) is 0 Å². The third-order valence-electron chi connectivity index (χ3n) is 3.32. The van der Waals surface area contributed by atoms with Gasteiger partial charge in [0.15, 0.2) is 0 Å². The zero-order valence-corrected chi connectivity index (χ0v) is 10.2. The Morgan fingerprint density at radius 3 is 2.88 bits per heavy atom. The van der Waals surface area contributed by atoms with E-state index in [1.165, 1.54) is 25.3 Å². The number of rotatable bonds is 3. The maximum Gasteiger partial charge on any atom is 0.129 e. The molecule has 3 heteroatoms. The molecule has 0 spiro atoms. The summed E-state index contributed by atoms with van der Waals surface area (Å²) in [7, 11) is 0. The molecule has 1 aliphatic rings. The monoisotopic (exact) mass is 241 g/mol. The number of halogens is 2. The van der Waals surface area contributed by atoms with Crippen LogP contribution < -0.4 is 5.32 Å². The normalized spacial score (nSPS) is 24.9. The van der Waals surface area contributed by atoms with Crippen molar-refractivity contribution in [2.75, 3.05) is 0 Å². The van der Waals surface area contributed by atoms with Gasteiger partial charge in [-0.3, -0.25) is 0 Å². The summed E-state index contributed by atoms with van der Waals surface area (Å²) in [6, 6.07) is 5.35. The summed E-state index contributed by atoms with van der Waals surface area (Å²) in [6.45, 7) is 2.79. The largest absolute Gasteiger partial charge is 0.310 e. The first kappa shape index (κ1) is 11.9. The highest BCUT2D eigenvalue weighted by atomic mass is 35.5. The molecule has 0 aliphatic heterocycles. The highest BCUT2D eigenvalue weighted by molar-refractivity contribution is 6.31. The van der Waals surface area contributed by atoms with Crippen LogP contribution in [0.15, 0.2) is 18.2 Å². The first-order chi connectivity index (χ1) is 7.66. The Morgan fingerprint density at radius 2 is 2.25 bits per heavy atom. The Balaban J connectivity index is 1.94. The average Bonchev–Trinajstić information content (AvgIpc) is 2.63. The SMILES string of the molecule is CC1CCC(NCc2c(F)cccc2Cl)C1. The lowest BCUT2D eigenvalue weighted by Crippen LogP contribution is -2.26. The topological polar surface area (TPSA) is 12.0 Å². The minimum absolute atomic E-state index is 0.217. The fourth-order valence-electron chi connectivity index (χ4n) is 2.34. The van der Waals surface area contributed by atoms with Crippen molar-refractivity contribution in [1.29, 1.82) is 0 Å². The van der Waals surface area contributed by atoms with E-state index in [0.29, 0.717) is 23.2 Å². The van der Waals surface area contributed by atoms with Gasteiger partial charge in [0.05, 0.1) is 0 Å². The predicted molar refractivity (Wildman–Crippen MR) is 65.1 cm³/mol. The smallest absolute Gasteiger partial charge is 0.129 e. The molecule has 1 saturated carbocycles. The van der Waals surface area contributed by atoms with E-state index in [9.17, 15) is 4.39 Å². The Morgan fingerprint density at radius 1 is 1.44 bits per heavy atom. The van der Waals surface area contributed by atoms with Gasteiger partial charge < -0.3 is 5.32 Å². The van der Waals surface area contributed by atoms with Gasteiger partial charge in [-0.25, -0.2) is 4.39 Å². The van der Waals surface area contributed by atoms with E-state index in [2.05, 4.69) is 12.2 Å². The Bertz CT molecular complexity index is 347. The van der Waals surface area contributed by atoms with E-state index in [1.807, 2.05) is 0 Å². The second kappa shape index (κ2) is 5.15. The molecule has 1 aromatic rings. The molecule has 2 rings (SSSR count). The van der Waals surface area contributed by atoms with Gasteiger partial charge in [-0.15, -0.1) is 0 Å². The standard InChI is InChI=1S/C13H17ClFN/c1-9-5-6-10(7-9)16-8-11-12(14)3-2-4-13(11)15/h2-4,9-10,16H,5-8H2,1H3. The molecule has 1 nitrogen and oxygen atoms in total. The van der Waals surface area contributed by atoms with Gasteiger partial charge in [0.1, 0.15) is 5.82 Å². The molecule has 1 N–H and O–H groups in total. The third kappa shape index (κ3) is 2.74. The maximum atomic E-state index is 13.5. The van der Waals surface area contributed by atoms with E-state index in [4.69, 9.17) is 11.6 Å². The summed E-state index contributed by atoms with van der Waals surface area (Å²) < 4.78 is 13.5. The fraction of sp³-hybridized carbons (Fsp3) is 0.538. The van der Waals surface area contributed by atoms with E-state index >= 15 is 0 Å². The summed E-state index contributed by atoms with van der Waals surface area (Å²) >= 11 is 5.96. The van der Waals surface area contributed by atoms with Crippen molar-refractivity contribution in [3.63, 3.8) is 0 Å². The number of hydrogen-bond donors (Lipinski definition) is 1. The number of nitrogens with one attached hydrogen (secondary N) is 1. The molecular formula is C13H17ClFN. The van der Waals surface area contributed by atoms with Crippen LogP contribution in [0.3, 0.4) is 0 Å². The molecule has 88 valence electrons. The van der Waals surface area contributed by atoms with E-state index in [1.54, 1.807) is 12.1 Å². The van der Waals surface area contributed by atoms with Gasteiger partial charge in [0, 0.05) is 23.2 Å². The molecule has 1 aromatic carbocycles. The van der Waals surface area contributed by atoms with Crippen LogP contribution in [-0.2, 0) is 6.54 Å². The van der Waals surface area contributed by atoms with Crippen LogP contribution in [0.1, 0.15) is 31.7 Å². The second-order valence-electron chi connectivity index (χ2n) is 4.70. The molecule has 16 heavy (non-hydrogen) atoms. The zero-order chi connectivity index (χ0) is 11.5. The van der Waals surface area contributed by atoms with Gasteiger partial charge >= 0.3 is 0 Å². The van der Waals surface area contributed by atoms with Crippen LogP contribution in [0.5, 0.6) is 0 Å². The van der Waals surface area contributed by atoms with Gasteiger partial charge in [-0.2, -0.15) is 0 Å². The minimum Gasteiger partial charge on any atom is -0.310 e. The lowest BCUT2D eigenvalue weighted by Gasteiger charge is -2.13. The molecular weight excluding hydrogens is 225 g/mol. The molecule has 0 heterocycles. The van der Waals surface area contributed by atoms with Gasteiger partial charge in [0.25, 0.3) is 0 Å². The molecule has 0 bridgehead atoms. The van der Waals surface area contributed by atoms with Gasteiger partial charge in [-0.05, 0) is 37.3 Å². The number of hydrogen-bond acceptors (Lipinski definition) is 1. The molecule has 1 aliphatic carbocycles. The van der Waals surface area contributed by atoms with E-state index in [0.717, 1.165) is 5.92 Å². The summed E-state index contributed by atoms with van der Waals surface area (Å²) in [5, 5.41) is 3.90. The van der Waals surface area contributed by atoms with Crippen LogP contribution >= 0.6 is 11.6 Å². The lowest BCUT2D eigenvalue weighted by atomic mass is 10.1. The summed E-state index contributed by atoms with van der Waals surface area (Å²) in [6.07, 6.45) is 3.64. The van der Waals surface area contributed by atoms with Crippen LogP contribution in [0.2, 0.25) is 5.02 Å². The molecule has 0 radical (unpaired) electrons. The quantitative estimate of drug-likeness (QED) is 0.850. The van der Waals surface area contributed by atoms with Crippen molar-refractivity contribution in [3.8, 4) is 0 Å². The Hall–Kier alpha value is -0.600. The summed E-state index contributed by atoms with van der Waals surface area (Å²) in [4.78, 5) is 0. The van der Waals surface area contributed by atoms with E-state index < -0.39 is 0 Å². The molecule has 0 aromatic heterocycles. The highest BCUT2D eigenvalue weighted by Gasteiger charge is 2.21. The van der Waals surface area contributed by atoms with Gasteiger partial charge in [0.2, 0.25) is 0 Å². The molecule has 2 atom stereocenters. The Labute approximate surface area is 101 Å². The maximum absolute atomic E-state index is 13.5. The van der Waals surface area contributed by atoms with Crippen molar-refractivity contribution < 1.29 is 4.39 Å². The third-order valence-corrected chi connectivity index (χ3v) is 3.68. The first-order valence-corrected chi connectivity index (χ1v) is 6.21.